The van der Waals surface area contributed by atoms with Crippen molar-refractivity contribution in [3.63, 3.8) is 0 Å². The molecule has 0 radical (unpaired) electrons. The molecule has 0 fully saturated rings. The smallest absolute Gasteiger partial charge is 0.302 e. The summed E-state index contributed by atoms with van der Waals surface area (Å²) < 4.78 is 4.21. The number of rotatable bonds is 3. The van der Waals surface area contributed by atoms with Gasteiger partial charge in [0.1, 0.15) is 5.65 Å². The van der Waals surface area contributed by atoms with E-state index in [1.165, 1.54) is 24.7 Å². The lowest BCUT2D eigenvalue weighted by atomic mass is 10.2. The van der Waals surface area contributed by atoms with Gasteiger partial charge in [-0.3, -0.25) is 18.7 Å². The van der Waals surface area contributed by atoms with Crippen LogP contribution >= 0.6 is 0 Å². The maximum absolute atomic E-state index is 12.3. The van der Waals surface area contributed by atoms with Gasteiger partial charge in [0.05, 0.1) is 23.5 Å². The minimum Gasteiger partial charge on any atom is -0.302 e. The van der Waals surface area contributed by atoms with E-state index in [0.29, 0.717) is 0 Å². The molecule has 0 unspecified atom stereocenters. The number of carbonyl (C=O) groups is 1. The molecule has 23 heavy (non-hydrogen) atoms. The van der Waals surface area contributed by atoms with Crippen LogP contribution in [0.25, 0.3) is 5.65 Å². The quantitative estimate of drug-likeness (QED) is 0.669. The average Bonchev–Trinajstić information content (AvgIpc) is 2.83. The molecule has 0 aliphatic heterocycles. The maximum Gasteiger partial charge on any atom is 0.331 e. The average molecular weight is 312 g/mol. The summed E-state index contributed by atoms with van der Waals surface area (Å²) >= 11 is 0. The molecular formula is C16H16N4O3. The van der Waals surface area contributed by atoms with Gasteiger partial charge in [0.2, 0.25) is 0 Å². The summed E-state index contributed by atoms with van der Waals surface area (Å²) in [7, 11) is 1.37. The number of fused-ring (bicyclic) bond motifs is 1. The molecule has 0 N–H and O–H groups in total. The van der Waals surface area contributed by atoms with E-state index in [1.807, 2.05) is 35.7 Å². The highest BCUT2D eigenvalue weighted by Gasteiger charge is 2.15. The highest BCUT2D eigenvalue weighted by molar-refractivity contribution is 5.93. The van der Waals surface area contributed by atoms with Gasteiger partial charge in [-0.1, -0.05) is 6.07 Å². The fourth-order valence-corrected chi connectivity index (χ4v) is 2.60. The summed E-state index contributed by atoms with van der Waals surface area (Å²) in [6.45, 7) is 3.40. The first kappa shape index (κ1) is 15.0. The molecule has 3 aromatic heterocycles. The van der Waals surface area contributed by atoms with Crippen molar-refractivity contribution in [3.8, 4) is 0 Å². The summed E-state index contributed by atoms with van der Waals surface area (Å²) in [5, 5.41) is 0. The number of aromatic nitrogens is 4. The third kappa shape index (κ3) is 2.40. The lowest BCUT2D eigenvalue weighted by Crippen LogP contribution is -2.40. The fourth-order valence-electron chi connectivity index (χ4n) is 2.60. The van der Waals surface area contributed by atoms with Gasteiger partial charge in [0.15, 0.2) is 5.78 Å². The minimum atomic E-state index is -0.575. The number of carbonyl (C=O) groups excluding carboxylic acids is 1. The molecule has 3 rings (SSSR count). The van der Waals surface area contributed by atoms with Gasteiger partial charge in [-0.05, 0) is 26.0 Å². The second-order valence-electron chi connectivity index (χ2n) is 5.45. The van der Waals surface area contributed by atoms with E-state index >= 15 is 0 Å². The first-order valence-electron chi connectivity index (χ1n) is 7.14. The SMILES string of the molecule is CC(=O)c1cn(Cc2c(C)nc3ccccn23)c(=O)n(C)c1=O. The predicted octanol–water partition coefficient (Wildman–Crippen LogP) is 0.754. The Balaban J connectivity index is 2.20. The number of ketones is 1. The Bertz CT molecular complexity index is 1040. The topological polar surface area (TPSA) is 78.4 Å². The van der Waals surface area contributed by atoms with Gasteiger partial charge in [-0.2, -0.15) is 0 Å². The van der Waals surface area contributed by atoms with Gasteiger partial charge in [0, 0.05) is 19.4 Å². The van der Waals surface area contributed by atoms with E-state index in [0.717, 1.165) is 21.6 Å². The zero-order valence-electron chi connectivity index (χ0n) is 13.1. The lowest BCUT2D eigenvalue weighted by molar-refractivity contribution is 0.101. The summed E-state index contributed by atoms with van der Waals surface area (Å²) in [4.78, 5) is 40.4. The molecule has 0 spiro atoms. The van der Waals surface area contributed by atoms with Gasteiger partial charge in [0.25, 0.3) is 5.56 Å². The van der Waals surface area contributed by atoms with E-state index in [1.54, 1.807) is 0 Å². The Kier molecular flexibility index (Phi) is 3.48. The molecule has 0 aliphatic carbocycles. The molecule has 3 heterocycles. The second-order valence-corrected chi connectivity index (χ2v) is 5.45. The van der Waals surface area contributed by atoms with Crippen LogP contribution in [0.15, 0.2) is 40.2 Å². The van der Waals surface area contributed by atoms with Crippen LogP contribution in [0, 0.1) is 6.92 Å². The molecule has 0 bridgehead atoms. The first-order chi connectivity index (χ1) is 10.9. The molecule has 0 atom stereocenters. The van der Waals surface area contributed by atoms with Crippen LogP contribution in [0.1, 0.15) is 28.7 Å². The van der Waals surface area contributed by atoms with Gasteiger partial charge in [-0.15, -0.1) is 0 Å². The summed E-state index contributed by atoms with van der Waals surface area (Å²) in [6, 6.07) is 5.64. The first-order valence-corrected chi connectivity index (χ1v) is 7.14. The Hall–Kier alpha value is -2.96. The van der Waals surface area contributed by atoms with Gasteiger partial charge in [-0.25, -0.2) is 9.78 Å². The van der Waals surface area contributed by atoms with Crippen molar-refractivity contribution < 1.29 is 4.79 Å². The normalized spacial score (nSPS) is 11.1. The van der Waals surface area contributed by atoms with Crippen molar-refractivity contribution in [2.24, 2.45) is 7.05 Å². The van der Waals surface area contributed by atoms with E-state index in [2.05, 4.69) is 4.98 Å². The molecule has 118 valence electrons. The number of hydrogen-bond donors (Lipinski definition) is 0. The van der Waals surface area contributed by atoms with Crippen molar-refractivity contribution >= 4 is 11.4 Å². The molecule has 0 aliphatic rings. The number of hydrogen-bond acceptors (Lipinski definition) is 4. The van der Waals surface area contributed by atoms with Crippen molar-refractivity contribution in [2.45, 2.75) is 20.4 Å². The second kappa shape index (κ2) is 5.35. The zero-order chi connectivity index (χ0) is 16.7. The largest absolute Gasteiger partial charge is 0.331 e. The third-order valence-corrected chi connectivity index (χ3v) is 3.88. The zero-order valence-corrected chi connectivity index (χ0v) is 13.1. The van der Waals surface area contributed by atoms with Crippen molar-refractivity contribution in [1.29, 1.82) is 0 Å². The van der Waals surface area contributed by atoms with Crippen LogP contribution in [0.3, 0.4) is 0 Å². The van der Waals surface area contributed by atoms with Crippen LogP contribution in [-0.2, 0) is 13.6 Å². The molecular weight excluding hydrogens is 296 g/mol. The summed E-state index contributed by atoms with van der Waals surface area (Å²) in [5.74, 6) is -0.366. The van der Waals surface area contributed by atoms with Crippen LogP contribution < -0.4 is 11.2 Å². The number of nitrogens with zero attached hydrogens (tertiary/aromatic N) is 4. The van der Waals surface area contributed by atoms with Crippen molar-refractivity contribution in [3.05, 3.63) is 68.4 Å². The Morgan fingerprint density at radius 2 is 2.00 bits per heavy atom. The molecule has 0 amide bonds. The number of pyridine rings is 1. The van der Waals surface area contributed by atoms with Crippen molar-refractivity contribution in [1.82, 2.24) is 18.5 Å². The molecule has 0 saturated carbocycles. The highest BCUT2D eigenvalue weighted by atomic mass is 16.2. The van der Waals surface area contributed by atoms with Gasteiger partial charge >= 0.3 is 5.69 Å². The van der Waals surface area contributed by atoms with E-state index in [-0.39, 0.29) is 17.9 Å². The number of Topliss-reactive ketones (excluding diaryl/α,β-unsaturated/α-hetero) is 1. The number of imidazole rings is 1. The molecule has 0 saturated heterocycles. The maximum atomic E-state index is 12.3. The van der Waals surface area contributed by atoms with Crippen LogP contribution in [0.5, 0.6) is 0 Å². The number of aryl methyl sites for hydroxylation is 1. The molecule has 0 aromatic carbocycles. The van der Waals surface area contributed by atoms with E-state index in [9.17, 15) is 14.4 Å². The fraction of sp³-hybridized carbons (Fsp3) is 0.250. The lowest BCUT2D eigenvalue weighted by Gasteiger charge is -2.10. The monoisotopic (exact) mass is 312 g/mol. The van der Waals surface area contributed by atoms with E-state index < -0.39 is 11.2 Å². The van der Waals surface area contributed by atoms with Crippen LogP contribution in [0.4, 0.5) is 0 Å². The molecule has 7 nitrogen and oxygen atoms in total. The van der Waals surface area contributed by atoms with Crippen molar-refractivity contribution in [2.75, 3.05) is 0 Å². The molecule has 7 heteroatoms. The predicted molar refractivity (Wildman–Crippen MR) is 85.0 cm³/mol. The summed E-state index contributed by atoms with van der Waals surface area (Å²) in [6.07, 6.45) is 3.19. The van der Waals surface area contributed by atoms with E-state index in [4.69, 9.17) is 0 Å². The van der Waals surface area contributed by atoms with Crippen LogP contribution in [0.2, 0.25) is 0 Å². The van der Waals surface area contributed by atoms with Gasteiger partial charge < -0.3 is 4.40 Å². The highest BCUT2D eigenvalue weighted by Crippen LogP contribution is 2.12. The standard InChI is InChI=1S/C16H16N4O3/c1-10-13(20-7-5-4-6-14(20)17-10)9-19-8-12(11(2)21)15(22)18(3)16(19)23/h4-8H,9H2,1-3H3. The summed E-state index contributed by atoms with van der Waals surface area (Å²) in [5.41, 5.74) is 1.36. The third-order valence-electron chi connectivity index (χ3n) is 3.88. The minimum absolute atomic E-state index is 0.00132. The molecule has 3 aromatic rings. The Morgan fingerprint density at radius 3 is 2.70 bits per heavy atom. The van der Waals surface area contributed by atoms with Crippen LogP contribution in [-0.4, -0.2) is 24.3 Å². The Labute approximate surface area is 131 Å². The Morgan fingerprint density at radius 1 is 1.26 bits per heavy atom.